The van der Waals surface area contributed by atoms with Gasteiger partial charge in [-0.25, -0.2) is 4.98 Å². The molecule has 3 aromatic heterocycles. The number of pyridine rings is 1. The van der Waals surface area contributed by atoms with Crippen LogP contribution in [0.5, 0.6) is 0 Å². The van der Waals surface area contributed by atoms with E-state index >= 15 is 0 Å². The van der Waals surface area contributed by atoms with Crippen molar-refractivity contribution in [3.8, 4) is 0 Å². The second-order valence-electron chi connectivity index (χ2n) is 7.38. The Balaban J connectivity index is 1.83. The lowest BCUT2D eigenvalue weighted by Crippen LogP contribution is -2.42. The van der Waals surface area contributed by atoms with Crippen LogP contribution >= 0.6 is 23.6 Å². The summed E-state index contributed by atoms with van der Waals surface area (Å²) >= 11 is 7.05. The van der Waals surface area contributed by atoms with Gasteiger partial charge in [-0.2, -0.15) is 0 Å². The molecule has 0 atom stereocenters. The maximum Gasteiger partial charge on any atom is 0.281 e. The molecule has 7 nitrogen and oxygen atoms in total. The van der Waals surface area contributed by atoms with Gasteiger partial charge in [-0.15, -0.1) is 5.10 Å². The molecule has 2 N–H and O–H groups in total. The Labute approximate surface area is 159 Å². The Morgan fingerprint density at radius 2 is 2.08 bits per heavy atom. The maximum atomic E-state index is 6.15. The molecular weight excluding hydrogens is 370 g/mol. The van der Waals surface area contributed by atoms with E-state index < -0.39 is 0 Å². The van der Waals surface area contributed by atoms with E-state index in [1.807, 2.05) is 0 Å². The Morgan fingerprint density at radius 1 is 1.27 bits per heavy atom. The monoisotopic (exact) mass is 390 g/mol. The lowest BCUT2D eigenvalue weighted by atomic mass is 9.90. The molecule has 136 valence electrons. The van der Waals surface area contributed by atoms with Crippen molar-refractivity contribution in [2.75, 3.05) is 31.2 Å². The van der Waals surface area contributed by atoms with Crippen LogP contribution in [-0.2, 0) is 22.5 Å². The molecule has 0 spiro atoms. The zero-order valence-corrected chi connectivity index (χ0v) is 16.4. The van der Waals surface area contributed by atoms with Crippen molar-refractivity contribution >= 4 is 49.8 Å². The molecule has 0 amide bonds. The molecule has 0 saturated carbocycles. The molecule has 1 fully saturated rings. The molecular formula is C17H20N5O2S2+. The molecule has 2 aliphatic heterocycles. The van der Waals surface area contributed by atoms with E-state index in [0.717, 1.165) is 53.6 Å². The van der Waals surface area contributed by atoms with E-state index in [-0.39, 0.29) is 5.60 Å². The van der Waals surface area contributed by atoms with Crippen molar-refractivity contribution in [3.05, 3.63) is 15.8 Å². The highest BCUT2D eigenvalue weighted by atomic mass is 32.1. The zero-order chi connectivity index (χ0) is 17.9. The number of rotatable bonds is 1. The third kappa shape index (κ3) is 2.53. The molecule has 3 aromatic rings. The second-order valence-corrected chi connectivity index (χ2v) is 8.79. The number of ether oxygens (including phenoxy) is 2. The average molecular weight is 391 g/mol. The van der Waals surface area contributed by atoms with Crippen molar-refractivity contribution in [2.24, 2.45) is 0 Å². The van der Waals surface area contributed by atoms with E-state index in [1.165, 1.54) is 16.5 Å². The Morgan fingerprint density at radius 3 is 2.88 bits per heavy atom. The number of nitrogens with zero attached hydrogens (tertiary/aromatic N) is 3. The van der Waals surface area contributed by atoms with Gasteiger partial charge in [-0.3, -0.25) is 10.00 Å². The average Bonchev–Trinajstić information content (AvgIpc) is 3.01. The van der Waals surface area contributed by atoms with Crippen molar-refractivity contribution < 1.29 is 14.5 Å². The summed E-state index contributed by atoms with van der Waals surface area (Å²) in [5.74, 6) is 1.14. The van der Waals surface area contributed by atoms with Crippen LogP contribution in [0, 0.1) is 4.64 Å². The van der Waals surface area contributed by atoms with E-state index in [2.05, 4.69) is 39.1 Å². The zero-order valence-electron chi connectivity index (χ0n) is 14.7. The summed E-state index contributed by atoms with van der Waals surface area (Å²) in [6.45, 7) is 8.13. The van der Waals surface area contributed by atoms with Crippen LogP contribution in [0.25, 0.3) is 20.4 Å². The van der Waals surface area contributed by atoms with E-state index in [4.69, 9.17) is 21.7 Å². The predicted molar refractivity (Wildman–Crippen MR) is 102 cm³/mol. The minimum absolute atomic E-state index is 0.199. The largest absolute Gasteiger partial charge is 0.373 e. The first-order valence-corrected chi connectivity index (χ1v) is 9.97. The van der Waals surface area contributed by atoms with E-state index in [0.29, 0.717) is 11.2 Å². The summed E-state index contributed by atoms with van der Waals surface area (Å²) in [6.07, 6.45) is 0.847. The van der Waals surface area contributed by atoms with Gasteiger partial charge in [0, 0.05) is 6.42 Å². The first-order chi connectivity index (χ1) is 12.5. The van der Waals surface area contributed by atoms with Crippen molar-refractivity contribution in [2.45, 2.75) is 32.5 Å². The van der Waals surface area contributed by atoms with Crippen LogP contribution in [0.2, 0.25) is 0 Å². The molecule has 0 bridgehead atoms. The molecule has 1 saturated heterocycles. The van der Waals surface area contributed by atoms with Crippen molar-refractivity contribution in [3.63, 3.8) is 0 Å². The first kappa shape index (κ1) is 16.5. The smallest absolute Gasteiger partial charge is 0.281 e. The number of thiophene rings is 1. The van der Waals surface area contributed by atoms with Gasteiger partial charge in [0.05, 0.1) is 46.6 Å². The first-order valence-electron chi connectivity index (χ1n) is 8.75. The fraction of sp³-hybridized carbons (Fsp3) is 0.529. The maximum absolute atomic E-state index is 6.15. The van der Waals surface area contributed by atoms with Gasteiger partial charge >= 0.3 is 0 Å². The molecule has 0 aliphatic carbocycles. The molecule has 0 unspecified atom stereocenters. The molecule has 5 heterocycles. The minimum atomic E-state index is -0.199. The normalized spacial score (nSPS) is 19.8. The fourth-order valence-electron chi connectivity index (χ4n) is 3.86. The van der Waals surface area contributed by atoms with Gasteiger partial charge in [0.15, 0.2) is 9.47 Å². The SMILES string of the molecule is CC1(C)Cc2c(c(N3CCOCC3)[nH+]c3sc4c(=S)nn[nH]c4c23)CO1. The van der Waals surface area contributed by atoms with Crippen LogP contribution in [0.4, 0.5) is 5.82 Å². The highest BCUT2D eigenvalue weighted by molar-refractivity contribution is 7.71. The van der Waals surface area contributed by atoms with Gasteiger partial charge in [-0.05, 0) is 19.4 Å². The van der Waals surface area contributed by atoms with Crippen LogP contribution in [-0.4, -0.2) is 47.3 Å². The van der Waals surface area contributed by atoms with Crippen LogP contribution in [0.1, 0.15) is 25.0 Å². The molecule has 26 heavy (non-hydrogen) atoms. The minimum Gasteiger partial charge on any atom is -0.373 e. The number of anilines is 1. The third-order valence-corrected chi connectivity index (χ3v) is 6.65. The third-order valence-electron chi connectivity index (χ3n) is 5.13. The Bertz CT molecular complexity index is 1070. The van der Waals surface area contributed by atoms with Crippen LogP contribution in [0.15, 0.2) is 0 Å². The standard InChI is InChI=1S/C17H19N5O2S2/c1-17(2)7-9-10(8-24-17)14(22-3-5-23-6-4-22)18-16-11(9)12-13(26-16)15(25)20-21-19-12/h3-8H2,1-2H3,(H,19,20,25)/p+1. The molecule has 0 radical (unpaired) electrons. The summed E-state index contributed by atoms with van der Waals surface area (Å²) < 4.78 is 13.2. The topological polar surface area (TPSA) is 77.4 Å². The summed E-state index contributed by atoms with van der Waals surface area (Å²) in [6, 6.07) is 0. The van der Waals surface area contributed by atoms with E-state index in [1.54, 1.807) is 11.3 Å². The number of hydrogen-bond acceptors (Lipinski definition) is 7. The molecule has 2 aliphatic rings. The number of nitrogens with one attached hydrogen (secondary N) is 2. The van der Waals surface area contributed by atoms with Crippen molar-refractivity contribution in [1.82, 2.24) is 15.4 Å². The second kappa shape index (κ2) is 5.91. The number of aromatic amines is 2. The van der Waals surface area contributed by atoms with Gasteiger partial charge in [0.25, 0.3) is 5.82 Å². The molecule has 0 aromatic carbocycles. The number of fused-ring (bicyclic) bond motifs is 5. The van der Waals surface area contributed by atoms with Crippen molar-refractivity contribution in [1.29, 1.82) is 0 Å². The number of H-pyrrole nitrogens is 2. The van der Waals surface area contributed by atoms with Gasteiger partial charge in [0.1, 0.15) is 13.1 Å². The fourth-order valence-corrected chi connectivity index (χ4v) is 5.18. The predicted octanol–water partition coefficient (Wildman–Crippen LogP) is 2.40. The summed E-state index contributed by atoms with van der Waals surface area (Å²) in [5.41, 5.74) is 3.33. The van der Waals surface area contributed by atoms with Crippen LogP contribution < -0.4 is 9.88 Å². The summed E-state index contributed by atoms with van der Waals surface area (Å²) in [5, 5.41) is 12.3. The number of hydrogen-bond donors (Lipinski definition) is 1. The van der Waals surface area contributed by atoms with E-state index in [9.17, 15) is 0 Å². The van der Waals surface area contributed by atoms with Gasteiger partial charge in [0.2, 0.25) is 0 Å². The van der Waals surface area contributed by atoms with Gasteiger partial charge in [-0.1, -0.05) is 28.8 Å². The highest BCUT2D eigenvalue weighted by Gasteiger charge is 2.36. The summed E-state index contributed by atoms with van der Waals surface area (Å²) in [4.78, 5) is 7.13. The Kier molecular flexibility index (Phi) is 3.75. The quantitative estimate of drug-likeness (QED) is 0.643. The molecule has 5 rings (SSSR count). The van der Waals surface area contributed by atoms with Gasteiger partial charge < -0.3 is 9.47 Å². The Hall–Kier alpha value is -1.68. The summed E-state index contributed by atoms with van der Waals surface area (Å²) in [7, 11) is 0. The lowest BCUT2D eigenvalue weighted by molar-refractivity contribution is -0.329. The number of morpholine rings is 1. The molecule has 9 heteroatoms. The highest BCUT2D eigenvalue weighted by Crippen LogP contribution is 2.40. The lowest BCUT2D eigenvalue weighted by Gasteiger charge is -2.33. The van der Waals surface area contributed by atoms with Crippen LogP contribution in [0.3, 0.4) is 0 Å². The number of aromatic nitrogens is 4.